The molecule has 1 atom stereocenters. The molecule has 1 N–H and O–H groups in total. The van der Waals surface area contributed by atoms with E-state index >= 15 is 0 Å². The summed E-state index contributed by atoms with van der Waals surface area (Å²) in [5.74, 6) is -1.91. The van der Waals surface area contributed by atoms with Crippen molar-refractivity contribution in [2.24, 2.45) is 0 Å². The molecule has 4 nitrogen and oxygen atoms in total. The molecule has 2 aromatic heterocycles. The van der Waals surface area contributed by atoms with Gasteiger partial charge < -0.3 is 5.32 Å². The van der Waals surface area contributed by atoms with Gasteiger partial charge in [-0.05, 0) is 56.2 Å². The molecule has 2 aliphatic rings. The Morgan fingerprint density at radius 1 is 1.25 bits per heavy atom. The van der Waals surface area contributed by atoms with Crippen LogP contribution in [0, 0.1) is 6.92 Å². The van der Waals surface area contributed by atoms with E-state index in [-0.39, 0.29) is 24.4 Å². The van der Waals surface area contributed by atoms with E-state index in [0.717, 1.165) is 21.7 Å². The maximum Gasteiger partial charge on any atom is 0.261 e. The van der Waals surface area contributed by atoms with Gasteiger partial charge in [-0.25, -0.2) is 13.8 Å². The van der Waals surface area contributed by atoms with E-state index in [9.17, 15) is 13.6 Å². The molecule has 32 heavy (non-hydrogen) atoms. The summed E-state index contributed by atoms with van der Waals surface area (Å²) in [5.41, 5.74) is 3.15. The summed E-state index contributed by atoms with van der Waals surface area (Å²) >= 11 is 1.62. The van der Waals surface area contributed by atoms with E-state index in [1.54, 1.807) is 15.9 Å². The fraction of sp³-hybridized carbons (Fsp3) is 0.440. The lowest BCUT2D eigenvalue weighted by Crippen LogP contribution is -2.37. The number of nitrogens with zero attached hydrogens (tertiary/aromatic N) is 2. The van der Waals surface area contributed by atoms with Crippen molar-refractivity contribution < 1.29 is 8.78 Å². The smallest absolute Gasteiger partial charge is 0.261 e. The van der Waals surface area contributed by atoms with E-state index in [4.69, 9.17) is 4.98 Å². The first-order valence-electron chi connectivity index (χ1n) is 11.1. The molecule has 1 aliphatic carbocycles. The number of rotatable bonds is 4. The monoisotopic (exact) mass is 455 g/mol. The molecule has 3 aromatic rings. The third kappa shape index (κ3) is 3.38. The highest BCUT2D eigenvalue weighted by atomic mass is 32.1. The largest absolute Gasteiger partial charge is 0.377 e. The Morgan fingerprint density at radius 2 is 2.00 bits per heavy atom. The molecule has 0 saturated heterocycles. The fourth-order valence-corrected chi connectivity index (χ4v) is 6.06. The van der Waals surface area contributed by atoms with Gasteiger partial charge in [-0.15, -0.1) is 11.3 Å². The van der Waals surface area contributed by atoms with Crippen LogP contribution in [0.4, 0.5) is 14.5 Å². The zero-order valence-corrected chi connectivity index (χ0v) is 19.2. The second kappa shape index (κ2) is 7.51. The molecule has 0 amide bonds. The molecule has 7 heteroatoms. The molecular formula is C25H27F2N3OS. The number of aromatic nitrogens is 2. The van der Waals surface area contributed by atoms with Gasteiger partial charge in [0.05, 0.1) is 22.6 Å². The molecule has 1 fully saturated rings. The summed E-state index contributed by atoms with van der Waals surface area (Å²) in [5, 5.41) is 6.15. The number of nitrogens with one attached hydrogen (secondary N) is 1. The van der Waals surface area contributed by atoms with Crippen LogP contribution >= 0.6 is 11.3 Å². The first kappa shape index (κ1) is 21.3. The normalized spacial score (nSPS) is 19.8. The Morgan fingerprint density at radius 3 is 2.72 bits per heavy atom. The van der Waals surface area contributed by atoms with Crippen LogP contribution < -0.4 is 10.9 Å². The average Bonchev–Trinajstić information content (AvgIpc) is 3.35. The van der Waals surface area contributed by atoms with Gasteiger partial charge in [0.25, 0.3) is 5.56 Å². The predicted molar refractivity (Wildman–Crippen MR) is 127 cm³/mol. The lowest BCUT2D eigenvalue weighted by molar-refractivity contribution is -0.0523. The van der Waals surface area contributed by atoms with Gasteiger partial charge in [-0.1, -0.05) is 18.7 Å². The lowest BCUT2D eigenvalue weighted by atomic mass is 9.71. The van der Waals surface area contributed by atoms with Gasteiger partial charge in [0.2, 0.25) is 5.92 Å². The maximum absolute atomic E-state index is 13.9. The van der Waals surface area contributed by atoms with Crippen molar-refractivity contribution in [1.82, 2.24) is 9.55 Å². The lowest BCUT2D eigenvalue weighted by Gasteiger charge is -2.36. The standard InChI is InChI=1S/C25H27F2N3OS/c1-4-20-19(5-12-32-20)28-16(3)17-13-15(2)14-18-21(17)29-23-24(10-11-30(23)22(18)31)6-8-25(26,27)9-7-24/h4-5,12-14,16,28H,1,6-11H2,2-3H3. The number of halogens is 2. The van der Waals surface area contributed by atoms with Crippen LogP contribution in [-0.4, -0.2) is 15.5 Å². The molecule has 3 heterocycles. The molecular weight excluding hydrogens is 428 g/mol. The van der Waals surface area contributed by atoms with Gasteiger partial charge in [0.1, 0.15) is 5.82 Å². The minimum atomic E-state index is -2.61. The van der Waals surface area contributed by atoms with Crippen LogP contribution in [0.15, 0.2) is 35.0 Å². The third-order valence-corrected chi connectivity index (χ3v) is 8.09. The summed E-state index contributed by atoms with van der Waals surface area (Å²) in [6.07, 6.45) is 3.02. The van der Waals surface area contributed by atoms with Crippen molar-refractivity contribution in [3.63, 3.8) is 0 Å². The Labute approximate surface area is 190 Å². The van der Waals surface area contributed by atoms with Crippen LogP contribution in [0.3, 0.4) is 0 Å². The van der Waals surface area contributed by atoms with Gasteiger partial charge in [0, 0.05) is 35.2 Å². The van der Waals surface area contributed by atoms with Gasteiger partial charge in [-0.2, -0.15) is 0 Å². The summed E-state index contributed by atoms with van der Waals surface area (Å²) in [6, 6.07) is 5.90. The molecule has 1 unspecified atom stereocenters. The van der Waals surface area contributed by atoms with Crippen molar-refractivity contribution in [1.29, 1.82) is 0 Å². The number of hydrogen-bond acceptors (Lipinski definition) is 4. The predicted octanol–water partition coefficient (Wildman–Crippen LogP) is 6.43. The maximum atomic E-state index is 13.9. The molecule has 0 bridgehead atoms. The summed E-state index contributed by atoms with van der Waals surface area (Å²) < 4.78 is 29.5. The minimum Gasteiger partial charge on any atom is -0.377 e. The molecule has 1 saturated carbocycles. The summed E-state index contributed by atoms with van der Waals surface area (Å²) in [7, 11) is 0. The Bertz CT molecular complexity index is 1270. The summed E-state index contributed by atoms with van der Waals surface area (Å²) in [4.78, 5) is 19.6. The van der Waals surface area contributed by atoms with Crippen molar-refractivity contribution in [3.8, 4) is 0 Å². The van der Waals surface area contributed by atoms with Gasteiger partial charge in [0.15, 0.2) is 0 Å². The summed E-state index contributed by atoms with van der Waals surface area (Å²) in [6.45, 7) is 8.47. The second-order valence-electron chi connectivity index (χ2n) is 9.30. The average molecular weight is 456 g/mol. The number of hydrogen-bond donors (Lipinski definition) is 1. The topological polar surface area (TPSA) is 46.9 Å². The Hall–Kier alpha value is -2.54. The zero-order chi connectivity index (χ0) is 22.7. The highest BCUT2D eigenvalue weighted by Gasteiger charge is 2.49. The van der Waals surface area contributed by atoms with Crippen LogP contribution in [0.1, 0.15) is 66.9 Å². The number of thiophene rings is 1. The third-order valence-electron chi connectivity index (χ3n) is 7.18. The Balaban J connectivity index is 1.63. The molecule has 168 valence electrons. The molecule has 1 spiro atoms. The van der Waals surface area contributed by atoms with Crippen molar-refractivity contribution in [3.05, 3.63) is 62.3 Å². The second-order valence-corrected chi connectivity index (χ2v) is 10.2. The number of fused-ring (bicyclic) bond motifs is 3. The number of anilines is 1. The van der Waals surface area contributed by atoms with E-state index in [1.807, 2.05) is 30.5 Å². The SMILES string of the molecule is C=Cc1sccc1NC(C)c1cc(C)cc2c(=O)n3c(nc12)C1(CC3)CCC(F)(F)CC1. The molecule has 5 rings (SSSR count). The van der Waals surface area contributed by atoms with E-state index < -0.39 is 11.3 Å². The minimum absolute atomic E-state index is 0.0568. The van der Waals surface area contributed by atoms with Crippen molar-refractivity contribution in [2.75, 3.05) is 5.32 Å². The van der Waals surface area contributed by atoms with Crippen LogP contribution in [0.2, 0.25) is 0 Å². The number of benzene rings is 1. The molecule has 1 aromatic carbocycles. The Kier molecular flexibility index (Phi) is 5.00. The van der Waals surface area contributed by atoms with Crippen molar-refractivity contribution >= 4 is 34.0 Å². The van der Waals surface area contributed by atoms with E-state index in [0.29, 0.717) is 42.5 Å². The highest BCUT2D eigenvalue weighted by Crippen LogP contribution is 2.49. The van der Waals surface area contributed by atoms with Crippen LogP contribution in [0.25, 0.3) is 17.0 Å². The van der Waals surface area contributed by atoms with Crippen LogP contribution in [0.5, 0.6) is 0 Å². The number of aryl methyl sites for hydroxylation is 1. The number of alkyl halides is 2. The molecule has 0 radical (unpaired) electrons. The van der Waals surface area contributed by atoms with Gasteiger partial charge in [-0.3, -0.25) is 9.36 Å². The fourth-order valence-electron chi connectivity index (χ4n) is 5.36. The first-order chi connectivity index (χ1) is 15.2. The quantitative estimate of drug-likeness (QED) is 0.493. The van der Waals surface area contributed by atoms with Crippen molar-refractivity contribution in [2.45, 2.75) is 69.9 Å². The zero-order valence-electron chi connectivity index (χ0n) is 18.4. The van der Waals surface area contributed by atoms with E-state index in [1.165, 1.54) is 0 Å². The van der Waals surface area contributed by atoms with E-state index in [2.05, 4.69) is 24.9 Å². The first-order valence-corrected chi connectivity index (χ1v) is 12.0. The highest BCUT2D eigenvalue weighted by molar-refractivity contribution is 7.11. The van der Waals surface area contributed by atoms with Crippen LogP contribution in [-0.2, 0) is 12.0 Å². The molecule has 1 aliphatic heterocycles. The van der Waals surface area contributed by atoms with Gasteiger partial charge >= 0.3 is 0 Å².